The minimum atomic E-state index is 0.0172. The molecule has 2 nitrogen and oxygen atoms in total. The maximum atomic E-state index is 12.5. The van der Waals surface area contributed by atoms with Crippen molar-refractivity contribution >= 4 is 18.5 Å². The highest BCUT2D eigenvalue weighted by Gasteiger charge is 2.32. The minimum absolute atomic E-state index is 0.0172. The smallest absolute Gasteiger partial charge is 0.227 e. The molecule has 0 radical (unpaired) electrons. The van der Waals surface area contributed by atoms with E-state index in [9.17, 15) is 4.79 Å². The van der Waals surface area contributed by atoms with Gasteiger partial charge in [0.15, 0.2) is 0 Å². The Bertz CT molecular complexity index is 427. The average molecular weight is 277 g/mol. The molecule has 1 amide bonds. The van der Waals surface area contributed by atoms with E-state index in [0.29, 0.717) is 18.2 Å². The van der Waals surface area contributed by atoms with Gasteiger partial charge in [0, 0.05) is 12.3 Å². The Balaban J connectivity index is 2.23. The number of aryl methyl sites for hydroxylation is 1. The quantitative estimate of drug-likeness (QED) is 0.794. The molecule has 0 saturated heterocycles. The first-order valence-electron chi connectivity index (χ1n) is 7.18. The van der Waals surface area contributed by atoms with Crippen LogP contribution in [0.15, 0.2) is 24.3 Å². The van der Waals surface area contributed by atoms with Crippen molar-refractivity contribution in [2.45, 2.75) is 38.5 Å². The zero-order valence-corrected chi connectivity index (χ0v) is 12.5. The topological polar surface area (TPSA) is 29.1 Å². The molecule has 0 aliphatic heterocycles. The summed E-state index contributed by atoms with van der Waals surface area (Å²) in [7, 11) is 0. The summed E-state index contributed by atoms with van der Waals surface area (Å²) in [6.45, 7) is 2.75. The Morgan fingerprint density at radius 2 is 2.05 bits per heavy atom. The molecule has 1 aromatic carbocycles. The van der Waals surface area contributed by atoms with Crippen LogP contribution in [-0.4, -0.2) is 18.2 Å². The summed E-state index contributed by atoms with van der Waals surface area (Å²) in [5.41, 5.74) is 2.42. The van der Waals surface area contributed by atoms with Crippen LogP contribution >= 0.6 is 12.6 Å². The zero-order valence-electron chi connectivity index (χ0n) is 11.6. The molecule has 1 aliphatic carbocycles. The van der Waals surface area contributed by atoms with Crippen LogP contribution < -0.4 is 5.32 Å². The van der Waals surface area contributed by atoms with Crippen LogP contribution in [0.25, 0.3) is 0 Å². The Labute approximate surface area is 121 Å². The van der Waals surface area contributed by atoms with E-state index in [4.69, 9.17) is 0 Å². The Hall–Kier alpha value is -0.960. The first-order valence-corrected chi connectivity index (χ1v) is 7.81. The van der Waals surface area contributed by atoms with Crippen LogP contribution in [0.2, 0.25) is 0 Å². The van der Waals surface area contributed by atoms with Crippen molar-refractivity contribution < 1.29 is 4.79 Å². The second-order valence-corrected chi connectivity index (χ2v) is 5.84. The molecule has 2 rings (SSSR count). The van der Waals surface area contributed by atoms with Gasteiger partial charge in [0.25, 0.3) is 0 Å². The normalized spacial score (nSPS) is 17.4. The fourth-order valence-corrected chi connectivity index (χ4v) is 3.24. The molecule has 1 fully saturated rings. The average Bonchev–Trinajstić information content (AvgIpc) is 2.93. The van der Waals surface area contributed by atoms with Crippen LogP contribution in [-0.2, 0) is 4.79 Å². The van der Waals surface area contributed by atoms with E-state index in [-0.39, 0.29) is 11.8 Å². The van der Waals surface area contributed by atoms with E-state index in [1.165, 1.54) is 36.8 Å². The molecule has 3 heteroatoms. The van der Waals surface area contributed by atoms with Crippen LogP contribution in [0.4, 0.5) is 0 Å². The Morgan fingerprint density at radius 3 is 2.68 bits per heavy atom. The van der Waals surface area contributed by atoms with Gasteiger partial charge in [0.1, 0.15) is 0 Å². The lowest BCUT2D eigenvalue weighted by molar-refractivity contribution is -0.123. The molecule has 0 bridgehead atoms. The predicted octanol–water partition coefficient (Wildman–Crippen LogP) is 3.31. The third-order valence-electron chi connectivity index (χ3n) is 4.09. The van der Waals surface area contributed by atoms with Gasteiger partial charge in [0.2, 0.25) is 5.91 Å². The van der Waals surface area contributed by atoms with Crippen molar-refractivity contribution in [2.75, 3.05) is 12.3 Å². The first-order chi connectivity index (χ1) is 9.24. The molecule has 0 spiro atoms. The van der Waals surface area contributed by atoms with Crippen molar-refractivity contribution in [2.24, 2.45) is 5.92 Å². The highest BCUT2D eigenvalue weighted by atomic mass is 32.1. The number of thiol groups is 1. The summed E-state index contributed by atoms with van der Waals surface area (Å²) in [6.07, 6.45) is 4.86. The lowest BCUT2D eigenvalue weighted by Crippen LogP contribution is -2.34. The van der Waals surface area contributed by atoms with E-state index in [2.05, 4.69) is 37.0 Å². The molecule has 19 heavy (non-hydrogen) atoms. The van der Waals surface area contributed by atoms with E-state index in [1.54, 1.807) is 0 Å². The molecule has 1 atom stereocenters. The maximum absolute atomic E-state index is 12.5. The molecule has 104 valence electrons. The van der Waals surface area contributed by atoms with Gasteiger partial charge < -0.3 is 5.32 Å². The number of benzene rings is 1. The Kier molecular flexibility index (Phi) is 5.32. The van der Waals surface area contributed by atoms with E-state index >= 15 is 0 Å². The molecular formula is C16H23NOS. The summed E-state index contributed by atoms with van der Waals surface area (Å²) in [4.78, 5) is 12.5. The molecule has 1 N–H and O–H groups in total. The van der Waals surface area contributed by atoms with Crippen molar-refractivity contribution in [1.29, 1.82) is 0 Å². The SMILES string of the molecule is Cc1ccccc1C(C(=O)NCCS)C1CCCC1. The number of hydrogen-bond acceptors (Lipinski definition) is 2. The molecule has 0 aromatic heterocycles. The molecular weight excluding hydrogens is 254 g/mol. The second kappa shape index (κ2) is 6.99. The maximum Gasteiger partial charge on any atom is 0.227 e. The van der Waals surface area contributed by atoms with Crippen LogP contribution in [0.5, 0.6) is 0 Å². The minimum Gasteiger partial charge on any atom is -0.355 e. The van der Waals surface area contributed by atoms with E-state index < -0.39 is 0 Å². The van der Waals surface area contributed by atoms with Gasteiger partial charge in [-0.1, -0.05) is 37.1 Å². The number of amides is 1. The molecule has 1 aliphatic rings. The van der Waals surface area contributed by atoms with Crippen molar-refractivity contribution in [3.8, 4) is 0 Å². The monoisotopic (exact) mass is 277 g/mol. The van der Waals surface area contributed by atoms with Gasteiger partial charge in [0.05, 0.1) is 5.92 Å². The second-order valence-electron chi connectivity index (χ2n) is 5.39. The lowest BCUT2D eigenvalue weighted by Gasteiger charge is -2.24. The summed E-state index contributed by atoms with van der Waals surface area (Å²) in [6, 6.07) is 8.29. The third kappa shape index (κ3) is 3.53. The number of carbonyl (C=O) groups is 1. The van der Waals surface area contributed by atoms with Gasteiger partial charge in [-0.15, -0.1) is 0 Å². The Morgan fingerprint density at radius 1 is 1.37 bits per heavy atom. The summed E-state index contributed by atoms with van der Waals surface area (Å²) in [5.74, 6) is 1.39. The molecule has 0 heterocycles. The van der Waals surface area contributed by atoms with Crippen LogP contribution in [0.1, 0.15) is 42.7 Å². The largest absolute Gasteiger partial charge is 0.355 e. The number of hydrogen-bond donors (Lipinski definition) is 2. The van der Waals surface area contributed by atoms with Crippen LogP contribution in [0, 0.1) is 12.8 Å². The van der Waals surface area contributed by atoms with Gasteiger partial charge >= 0.3 is 0 Å². The van der Waals surface area contributed by atoms with Crippen molar-refractivity contribution in [3.63, 3.8) is 0 Å². The third-order valence-corrected chi connectivity index (χ3v) is 4.31. The fraction of sp³-hybridized carbons (Fsp3) is 0.562. The molecule has 1 unspecified atom stereocenters. The van der Waals surface area contributed by atoms with Crippen molar-refractivity contribution in [3.05, 3.63) is 35.4 Å². The van der Waals surface area contributed by atoms with Gasteiger partial charge in [-0.25, -0.2) is 0 Å². The zero-order chi connectivity index (χ0) is 13.7. The highest BCUT2D eigenvalue weighted by molar-refractivity contribution is 7.80. The summed E-state index contributed by atoms with van der Waals surface area (Å²) >= 11 is 4.17. The molecule has 1 aromatic rings. The van der Waals surface area contributed by atoms with Gasteiger partial charge in [-0.05, 0) is 36.8 Å². The van der Waals surface area contributed by atoms with Gasteiger partial charge in [-0.3, -0.25) is 4.79 Å². The summed E-state index contributed by atoms with van der Waals surface area (Å²) < 4.78 is 0. The number of rotatable bonds is 5. The number of nitrogens with one attached hydrogen (secondary N) is 1. The van der Waals surface area contributed by atoms with E-state index in [1.807, 2.05) is 12.1 Å². The fourth-order valence-electron chi connectivity index (χ4n) is 3.12. The lowest BCUT2D eigenvalue weighted by atomic mass is 9.82. The standard InChI is InChI=1S/C16H23NOS/c1-12-6-2-5-9-14(12)15(13-7-3-4-8-13)16(18)17-10-11-19/h2,5-6,9,13,15,19H,3-4,7-8,10-11H2,1H3,(H,17,18). The number of carbonyl (C=O) groups excluding carboxylic acids is 1. The molecule has 1 saturated carbocycles. The predicted molar refractivity (Wildman–Crippen MR) is 82.7 cm³/mol. The van der Waals surface area contributed by atoms with Crippen molar-refractivity contribution in [1.82, 2.24) is 5.32 Å². The van der Waals surface area contributed by atoms with Gasteiger partial charge in [-0.2, -0.15) is 12.6 Å². The first kappa shape index (κ1) is 14.4. The van der Waals surface area contributed by atoms with E-state index in [0.717, 1.165) is 0 Å². The van der Waals surface area contributed by atoms with Crippen LogP contribution in [0.3, 0.4) is 0 Å². The summed E-state index contributed by atoms with van der Waals surface area (Å²) in [5, 5.41) is 3.02. The highest BCUT2D eigenvalue weighted by Crippen LogP contribution is 2.38.